The summed E-state index contributed by atoms with van der Waals surface area (Å²) in [6, 6.07) is 13.6. The molecule has 21 heavy (non-hydrogen) atoms. The SMILES string of the molecule is CCc1ccc(C(C)NCc2ccc(F)c(CO)c2)cc1. The molecule has 2 N–H and O–H groups in total. The molecule has 112 valence electrons. The molecule has 0 aliphatic heterocycles. The molecule has 0 aliphatic carbocycles. The summed E-state index contributed by atoms with van der Waals surface area (Å²) in [6.07, 6.45) is 1.04. The van der Waals surface area contributed by atoms with Gasteiger partial charge in [-0.25, -0.2) is 4.39 Å². The summed E-state index contributed by atoms with van der Waals surface area (Å²) in [7, 11) is 0. The zero-order valence-electron chi connectivity index (χ0n) is 12.6. The third kappa shape index (κ3) is 4.13. The van der Waals surface area contributed by atoms with E-state index in [1.807, 2.05) is 0 Å². The summed E-state index contributed by atoms with van der Waals surface area (Å²) in [5.41, 5.74) is 3.88. The van der Waals surface area contributed by atoms with Crippen LogP contribution < -0.4 is 5.32 Å². The summed E-state index contributed by atoms with van der Waals surface area (Å²) in [6.45, 7) is 4.62. The minimum Gasteiger partial charge on any atom is -0.392 e. The van der Waals surface area contributed by atoms with E-state index in [9.17, 15) is 4.39 Å². The Labute approximate surface area is 125 Å². The maximum Gasteiger partial charge on any atom is 0.128 e. The van der Waals surface area contributed by atoms with Crippen LogP contribution in [0, 0.1) is 5.82 Å². The van der Waals surface area contributed by atoms with Gasteiger partial charge in [0.2, 0.25) is 0 Å². The average molecular weight is 287 g/mol. The zero-order valence-corrected chi connectivity index (χ0v) is 12.6. The number of aliphatic hydroxyl groups excluding tert-OH is 1. The number of halogens is 1. The lowest BCUT2D eigenvalue weighted by atomic mass is 10.0. The molecule has 0 aliphatic rings. The first-order valence-electron chi connectivity index (χ1n) is 7.34. The quantitative estimate of drug-likeness (QED) is 0.848. The van der Waals surface area contributed by atoms with Gasteiger partial charge in [-0.15, -0.1) is 0 Å². The molecule has 0 saturated heterocycles. The standard InChI is InChI=1S/C18H22FNO/c1-3-14-4-7-16(8-5-14)13(2)20-11-15-6-9-18(19)17(10-15)12-21/h4-10,13,20-21H,3,11-12H2,1-2H3. The van der Waals surface area contributed by atoms with E-state index in [-0.39, 0.29) is 18.5 Å². The Hall–Kier alpha value is -1.71. The van der Waals surface area contributed by atoms with E-state index in [4.69, 9.17) is 5.11 Å². The minimum absolute atomic E-state index is 0.221. The molecule has 2 aromatic carbocycles. The molecule has 1 unspecified atom stereocenters. The van der Waals surface area contributed by atoms with Gasteiger partial charge in [-0.3, -0.25) is 0 Å². The van der Waals surface area contributed by atoms with E-state index >= 15 is 0 Å². The molecule has 0 aromatic heterocycles. The van der Waals surface area contributed by atoms with Crippen LogP contribution in [0.25, 0.3) is 0 Å². The lowest BCUT2D eigenvalue weighted by Gasteiger charge is -2.15. The molecule has 3 heteroatoms. The van der Waals surface area contributed by atoms with Crippen molar-refractivity contribution in [3.05, 3.63) is 70.5 Å². The maximum absolute atomic E-state index is 13.3. The third-order valence-corrected chi connectivity index (χ3v) is 3.78. The molecule has 0 saturated carbocycles. The average Bonchev–Trinajstić information content (AvgIpc) is 2.53. The highest BCUT2D eigenvalue weighted by atomic mass is 19.1. The van der Waals surface area contributed by atoms with E-state index < -0.39 is 0 Å². The van der Waals surface area contributed by atoms with Gasteiger partial charge >= 0.3 is 0 Å². The fourth-order valence-electron chi connectivity index (χ4n) is 2.29. The highest BCUT2D eigenvalue weighted by molar-refractivity contribution is 5.26. The largest absolute Gasteiger partial charge is 0.392 e. The summed E-state index contributed by atoms with van der Waals surface area (Å²) >= 11 is 0. The van der Waals surface area contributed by atoms with Gasteiger partial charge in [0.15, 0.2) is 0 Å². The van der Waals surface area contributed by atoms with Gasteiger partial charge in [-0.2, -0.15) is 0 Å². The van der Waals surface area contributed by atoms with Crippen molar-refractivity contribution in [3.8, 4) is 0 Å². The minimum atomic E-state index is -0.357. The van der Waals surface area contributed by atoms with Crippen molar-refractivity contribution >= 4 is 0 Å². The summed E-state index contributed by atoms with van der Waals surface area (Å²) < 4.78 is 13.3. The van der Waals surface area contributed by atoms with Crippen LogP contribution in [0.4, 0.5) is 4.39 Å². The van der Waals surface area contributed by atoms with Gasteiger partial charge in [0.1, 0.15) is 5.82 Å². The van der Waals surface area contributed by atoms with Crippen molar-refractivity contribution in [1.29, 1.82) is 0 Å². The molecule has 2 rings (SSSR count). The van der Waals surface area contributed by atoms with E-state index in [0.29, 0.717) is 12.1 Å². The second kappa shape index (κ2) is 7.34. The highest BCUT2D eigenvalue weighted by Crippen LogP contribution is 2.16. The van der Waals surface area contributed by atoms with Gasteiger partial charge in [0.25, 0.3) is 0 Å². The Morgan fingerprint density at radius 3 is 2.38 bits per heavy atom. The fraction of sp³-hybridized carbons (Fsp3) is 0.333. The van der Waals surface area contributed by atoms with Crippen molar-refractivity contribution < 1.29 is 9.50 Å². The van der Waals surface area contributed by atoms with Gasteiger partial charge < -0.3 is 10.4 Å². The van der Waals surface area contributed by atoms with Crippen molar-refractivity contribution in [1.82, 2.24) is 5.32 Å². The Morgan fingerprint density at radius 2 is 1.76 bits per heavy atom. The Kier molecular flexibility index (Phi) is 5.48. The van der Waals surface area contributed by atoms with Crippen LogP contribution in [0.3, 0.4) is 0 Å². The van der Waals surface area contributed by atoms with Crippen molar-refractivity contribution in [2.45, 2.75) is 39.5 Å². The second-order valence-electron chi connectivity index (χ2n) is 5.28. The van der Waals surface area contributed by atoms with E-state index in [0.717, 1.165) is 12.0 Å². The monoisotopic (exact) mass is 287 g/mol. The van der Waals surface area contributed by atoms with E-state index in [2.05, 4.69) is 43.4 Å². The smallest absolute Gasteiger partial charge is 0.128 e. The highest BCUT2D eigenvalue weighted by Gasteiger charge is 2.06. The molecule has 2 aromatic rings. The zero-order chi connectivity index (χ0) is 15.2. The van der Waals surface area contributed by atoms with Crippen LogP contribution in [0.1, 0.15) is 42.1 Å². The van der Waals surface area contributed by atoms with E-state index in [1.165, 1.54) is 17.2 Å². The van der Waals surface area contributed by atoms with Crippen LogP contribution in [-0.4, -0.2) is 5.11 Å². The number of nitrogens with one attached hydrogen (secondary N) is 1. The third-order valence-electron chi connectivity index (χ3n) is 3.78. The van der Waals surface area contributed by atoms with Crippen molar-refractivity contribution in [2.24, 2.45) is 0 Å². The molecular weight excluding hydrogens is 265 g/mol. The molecule has 0 spiro atoms. The number of rotatable bonds is 6. The molecule has 0 radical (unpaired) electrons. The molecular formula is C18H22FNO. The molecule has 1 atom stereocenters. The second-order valence-corrected chi connectivity index (χ2v) is 5.28. The number of aryl methyl sites for hydroxylation is 1. The molecule has 0 amide bonds. The maximum atomic E-state index is 13.3. The first-order chi connectivity index (χ1) is 10.1. The molecule has 0 bridgehead atoms. The Bertz CT molecular complexity index is 580. The van der Waals surface area contributed by atoms with Gasteiger partial charge in [0, 0.05) is 18.2 Å². The first kappa shape index (κ1) is 15.7. The van der Waals surface area contributed by atoms with Gasteiger partial charge in [-0.1, -0.05) is 37.3 Å². The van der Waals surface area contributed by atoms with Gasteiger partial charge in [-0.05, 0) is 42.2 Å². The Balaban J connectivity index is 1.98. The lowest BCUT2D eigenvalue weighted by molar-refractivity contribution is 0.275. The number of aliphatic hydroxyl groups is 1. The van der Waals surface area contributed by atoms with Crippen LogP contribution in [0.2, 0.25) is 0 Å². The predicted octanol–water partition coefficient (Wildman–Crippen LogP) is 3.73. The van der Waals surface area contributed by atoms with Crippen LogP contribution >= 0.6 is 0 Å². The number of hydrogen-bond acceptors (Lipinski definition) is 2. The van der Waals surface area contributed by atoms with Crippen molar-refractivity contribution in [3.63, 3.8) is 0 Å². The number of hydrogen-bond donors (Lipinski definition) is 2. The molecule has 0 heterocycles. The topological polar surface area (TPSA) is 32.3 Å². The Morgan fingerprint density at radius 1 is 1.10 bits per heavy atom. The summed E-state index contributed by atoms with van der Waals surface area (Å²) in [5.74, 6) is -0.357. The van der Waals surface area contributed by atoms with Gasteiger partial charge in [0.05, 0.1) is 6.61 Å². The van der Waals surface area contributed by atoms with E-state index in [1.54, 1.807) is 12.1 Å². The predicted molar refractivity (Wildman–Crippen MR) is 83.4 cm³/mol. The van der Waals surface area contributed by atoms with Crippen LogP contribution in [-0.2, 0) is 19.6 Å². The lowest BCUT2D eigenvalue weighted by Crippen LogP contribution is -2.18. The van der Waals surface area contributed by atoms with Crippen LogP contribution in [0.15, 0.2) is 42.5 Å². The number of benzene rings is 2. The van der Waals surface area contributed by atoms with Crippen molar-refractivity contribution in [2.75, 3.05) is 0 Å². The molecule has 2 nitrogen and oxygen atoms in total. The fourth-order valence-corrected chi connectivity index (χ4v) is 2.29. The van der Waals surface area contributed by atoms with Crippen LogP contribution in [0.5, 0.6) is 0 Å². The normalized spacial score (nSPS) is 12.4. The molecule has 0 fully saturated rings. The summed E-state index contributed by atoms with van der Waals surface area (Å²) in [5, 5.41) is 12.5. The summed E-state index contributed by atoms with van der Waals surface area (Å²) in [4.78, 5) is 0. The first-order valence-corrected chi connectivity index (χ1v) is 7.34.